The largest absolute Gasteiger partial charge is 0.390 e. The van der Waals surface area contributed by atoms with Crippen LogP contribution in [0.15, 0.2) is 42.6 Å². The molecular weight excluding hydrogens is 346 g/mol. The first-order valence-electron chi connectivity index (χ1n) is 8.70. The van der Waals surface area contributed by atoms with Gasteiger partial charge in [0.05, 0.1) is 43.2 Å². The molecule has 2 amide bonds. The summed E-state index contributed by atoms with van der Waals surface area (Å²) in [6.07, 6.45) is 1.68. The van der Waals surface area contributed by atoms with Gasteiger partial charge in [0.1, 0.15) is 5.82 Å². The van der Waals surface area contributed by atoms with Crippen molar-refractivity contribution >= 4 is 22.8 Å². The lowest BCUT2D eigenvalue weighted by atomic mass is 10.1. The predicted molar refractivity (Wildman–Crippen MR) is 102 cm³/mol. The van der Waals surface area contributed by atoms with Gasteiger partial charge in [-0.2, -0.15) is 5.10 Å². The molecule has 1 aromatic carbocycles. The van der Waals surface area contributed by atoms with Crippen LogP contribution in [-0.2, 0) is 17.9 Å². The number of nitrogens with one attached hydrogen (secondary N) is 2. The summed E-state index contributed by atoms with van der Waals surface area (Å²) >= 11 is 0. The van der Waals surface area contributed by atoms with Gasteiger partial charge in [-0.05, 0) is 18.6 Å². The summed E-state index contributed by atoms with van der Waals surface area (Å²) in [5.41, 5.74) is 2.19. The molecule has 0 spiro atoms. The number of hydrogen-bond acceptors (Lipinski definition) is 5. The number of fused-ring (bicyclic) bond motifs is 1. The second-order valence-electron chi connectivity index (χ2n) is 6.14. The molecule has 0 saturated carbocycles. The van der Waals surface area contributed by atoms with Crippen molar-refractivity contribution in [3.05, 3.63) is 53.9 Å². The number of hydrogen-bond donors (Lipinski definition) is 3. The molecule has 0 aliphatic heterocycles. The third-order valence-electron chi connectivity index (χ3n) is 4.23. The molecule has 1 unspecified atom stereocenters. The molecule has 0 aliphatic carbocycles. The minimum Gasteiger partial charge on any atom is -0.390 e. The fraction of sp³-hybridized carbons (Fsp3) is 0.316. The summed E-state index contributed by atoms with van der Waals surface area (Å²) in [6.45, 7) is 2.70. The number of amides is 2. The van der Waals surface area contributed by atoms with Crippen LogP contribution in [0, 0.1) is 0 Å². The first-order valence-corrected chi connectivity index (χ1v) is 8.70. The van der Waals surface area contributed by atoms with Crippen LogP contribution in [0.3, 0.4) is 0 Å². The van der Waals surface area contributed by atoms with E-state index in [1.54, 1.807) is 24.1 Å². The molecule has 0 aliphatic rings. The van der Waals surface area contributed by atoms with E-state index in [9.17, 15) is 9.90 Å². The highest BCUT2D eigenvalue weighted by Crippen LogP contribution is 2.21. The molecule has 142 valence electrons. The number of aliphatic hydroxyl groups excluding tert-OH is 1. The maximum atomic E-state index is 12.3. The molecule has 2 aromatic heterocycles. The van der Waals surface area contributed by atoms with Crippen molar-refractivity contribution in [1.82, 2.24) is 20.1 Å². The third kappa shape index (κ3) is 4.42. The fourth-order valence-electron chi connectivity index (χ4n) is 2.89. The number of aliphatic hydroxyl groups is 1. The van der Waals surface area contributed by atoms with Gasteiger partial charge in [0.2, 0.25) is 0 Å². The van der Waals surface area contributed by atoms with Gasteiger partial charge in [-0.25, -0.2) is 9.78 Å². The number of methoxy groups -OCH3 is 1. The van der Waals surface area contributed by atoms with Crippen molar-refractivity contribution in [3.8, 4) is 0 Å². The zero-order chi connectivity index (χ0) is 19.2. The molecule has 3 rings (SSSR count). The summed E-state index contributed by atoms with van der Waals surface area (Å²) in [4.78, 5) is 16.7. The van der Waals surface area contributed by atoms with E-state index in [2.05, 4.69) is 20.7 Å². The fourth-order valence-corrected chi connectivity index (χ4v) is 2.89. The van der Waals surface area contributed by atoms with Crippen LogP contribution in [0.25, 0.3) is 10.9 Å². The lowest BCUT2D eigenvalue weighted by Gasteiger charge is -2.15. The van der Waals surface area contributed by atoms with E-state index in [4.69, 9.17) is 4.74 Å². The topological polar surface area (TPSA) is 101 Å². The lowest BCUT2D eigenvalue weighted by molar-refractivity contribution is 0.184. The molecule has 0 saturated heterocycles. The Morgan fingerprint density at radius 3 is 2.81 bits per heavy atom. The Labute approximate surface area is 157 Å². The Morgan fingerprint density at radius 2 is 2.11 bits per heavy atom. The van der Waals surface area contributed by atoms with Gasteiger partial charge in [0.25, 0.3) is 0 Å². The number of benzene rings is 1. The number of pyridine rings is 1. The third-order valence-corrected chi connectivity index (χ3v) is 4.23. The zero-order valence-corrected chi connectivity index (χ0v) is 15.3. The minimum atomic E-state index is -0.367. The molecule has 3 N–H and O–H groups in total. The Balaban J connectivity index is 1.75. The van der Waals surface area contributed by atoms with Crippen LogP contribution in [0.2, 0.25) is 0 Å². The number of aromatic nitrogens is 3. The number of carbonyl (C=O) groups excluding carboxylic acids is 1. The van der Waals surface area contributed by atoms with E-state index < -0.39 is 0 Å². The van der Waals surface area contributed by atoms with E-state index in [-0.39, 0.29) is 18.7 Å². The van der Waals surface area contributed by atoms with Crippen molar-refractivity contribution in [2.45, 2.75) is 26.1 Å². The van der Waals surface area contributed by atoms with Crippen LogP contribution < -0.4 is 10.6 Å². The van der Waals surface area contributed by atoms with Gasteiger partial charge in [0.15, 0.2) is 0 Å². The van der Waals surface area contributed by atoms with Gasteiger partial charge in [-0.1, -0.05) is 30.3 Å². The normalized spacial score (nSPS) is 12.1. The summed E-state index contributed by atoms with van der Waals surface area (Å²) in [5, 5.41) is 20.4. The van der Waals surface area contributed by atoms with Gasteiger partial charge >= 0.3 is 6.03 Å². The Hall–Kier alpha value is -2.97. The molecule has 8 nitrogen and oxygen atoms in total. The highest BCUT2D eigenvalue weighted by molar-refractivity contribution is 5.92. The molecular formula is C19H23N5O3. The van der Waals surface area contributed by atoms with E-state index in [1.165, 1.54) is 0 Å². The maximum absolute atomic E-state index is 12.3. The molecule has 0 bridgehead atoms. The Bertz CT molecular complexity index is 910. The standard InChI is InChI=1S/C19H23N5O3/c1-13(14-6-4-3-5-7-14)21-19(26)23-17-10-15-11-20-24(8-9-27-2)18(15)16(12-25)22-17/h3-7,10-11,13,25H,8-9,12H2,1-2H3,(H2,21,22,23,26). The molecule has 27 heavy (non-hydrogen) atoms. The highest BCUT2D eigenvalue weighted by atomic mass is 16.5. The van der Waals surface area contributed by atoms with Crippen molar-refractivity contribution in [2.24, 2.45) is 0 Å². The van der Waals surface area contributed by atoms with Gasteiger partial charge < -0.3 is 15.2 Å². The highest BCUT2D eigenvalue weighted by Gasteiger charge is 2.14. The summed E-state index contributed by atoms with van der Waals surface area (Å²) in [5.74, 6) is 0.357. The average molecular weight is 369 g/mol. The van der Waals surface area contributed by atoms with Crippen LogP contribution >= 0.6 is 0 Å². The van der Waals surface area contributed by atoms with Crippen molar-refractivity contribution in [3.63, 3.8) is 0 Å². The van der Waals surface area contributed by atoms with Crippen LogP contribution in [0.4, 0.5) is 10.6 Å². The predicted octanol–water partition coefficient (Wildman–Crippen LogP) is 2.45. The Morgan fingerprint density at radius 1 is 1.33 bits per heavy atom. The zero-order valence-electron chi connectivity index (χ0n) is 15.3. The van der Waals surface area contributed by atoms with Crippen LogP contribution in [0.1, 0.15) is 24.2 Å². The smallest absolute Gasteiger partial charge is 0.320 e. The summed E-state index contributed by atoms with van der Waals surface area (Å²) in [7, 11) is 1.62. The number of nitrogens with zero attached hydrogens (tertiary/aromatic N) is 3. The van der Waals surface area contributed by atoms with Crippen molar-refractivity contribution < 1.29 is 14.6 Å². The molecule has 0 radical (unpaired) electrons. The van der Waals surface area contributed by atoms with E-state index in [1.807, 2.05) is 37.3 Å². The SMILES string of the molecule is COCCn1ncc2cc(NC(=O)NC(C)c3ccccc3)nc(CO)c21. The number of carbonyl (C=O) groups is 1. The van der Waals surface area contributed by atoms with Gasteiger partial charge in [0, 0.05) is 12.5 Å². The lowest BCUT2D eigenvalue weighted by Crippen LogP contribution is -2.31. The second kappa shape index (κ2) is 8.61. The molecule has 3 aromatic rings. The van der Waals surface area contributed by atoms with E-state index in [0.717, 1.165) is 16.5 Å². The number of anilines is 1. The monoisotopic (exact) mass is 369 g/mol. The van der Waals surface area contributed by atoms with Gasteiger partial charge in [-0.3, -0.25) is 10.00 Å². The van der Waals surface area contributed by atoms with Gasteiger partial charge in [-0.15, -0.1) is 0 Å². The van der Waals surface area contributed by atoms with E-state index in [0.29, 0.717) is 24.7 Å². The first kappa shape index (κ1) is 18.8. The number of ether oxygens (including phenoxy) is 1. The maximum Gasteiger partial charge on any atom is 0.320 e. The average Bonchev–Trinajstić information content (AvgIpc) is 3.09. The van der Waals surface area contributed by atoms with Crippen LogP contribution in [-0.4, -0.2) is 39.6 Å². The number of rotatable bonds is 7. The summed E-state index contributed by atoms with van der Waals surface area (Å²) < 4.78 is 6.81. The summed E-state index contributed by atoms with van der Waals surface area (Å²) in [6, 6.07) is 10.9. The van der Waals surface area contributed by atoms with Crippen molar-refractivity contribution in [2.75, 3.05) is 19.0 Å². The number of urea groups is 1. The molecule has 2 heterocycles. The van der Waals surface area contributed by atoms with E-state index >= 15 is 0 Å². The molecule has 8 heteroatoms. The second-order valence-corrected chi connectivity index (χ2v) is 6.14. The quantitative estimate of drug-likeness (QED) is 0.594. The molecule has 0 fully saturated rings. The van der Waals surface area contributed by atoms with Crippen molar-refractivity contribution in [1.29, 1.82) is 0 Å². The minimum absolute atomic E-state index is 0.149. The Kier molecular flexibility index (Phi) is 6.00. The molecule has 1 atom stereocenters. The first-order chi connectivity index (χ1) is 13.1. The van der Waals surface area contributed by atoms with Crippen LogP contribution in [0.5, 0.6) is 0 Å².